The normalized spacial score (nSPS) is 17.9. The number of hydrogen-bond donors (Lipinski definition) is 1. The Morgan fingerprint density at radius 2 is 1.80 bits per heavy atom. The lowest BCUT2D eigenvalue weighted by molar-refractivity contribution is 0.0730. The first kappa shape index (κ1) is 20.4. The molecule has 1 atom stereocenters. The average molecular weight is 408 g/mol. The van der Waals surface area contributed by atoms with Gasteiger partial charge in [-0.05, 0) is 48.2 Å². The minimum absolute atomic E-state index is 0.0261. The van der Waals surface area contributed by atoms with Crippen LogP contribution in [0.3, 0.4) is 0 Å². The summed E-state index contributed by atoms with van der Waals surface area (Å²) in [5, 5.41) is 1.02. The van der Waals surface area contributed by atoms with Gasteiger partial charge < -0.3 is 14.5 Å². The molecule has 2 aromatic carbocycles. The maximum atomic E-state index is 12.6. The van der Waals surface area contributed by atoms with E-state index in [0.29, 0.717) is 12.6 Å². The largest absolute Gasteiger partial charge is 0.497 e. The van der Waals surface area contributed by atoms with Crippen LogP contribution < -0.4 is 15.0 Å². The van der Waals surface area contributed by atoms with Crippen molar-refractivity contribution >= 4 is 10.9 Å². The van der Waals surface area contributed by atoms with Gasteiger partial charge in [-0.15, -0.1) is 0 Å². The van der Waals surface area contributed by atoms with Crippen LogP contribution in [0.2, 0.25) is 0 Å². The summed E-state index contributed by atoms with van der Waals surface area (Å²) in [7, 11) is 3.33. The summed E-state index contributed by atoms with van der Waals surface area (Å²) < 4.78 is 10.6. The van der Waals surface area contributed by atoms with Gasteiger partial charge in [0.25, 0.3) is 5.56 Å². The summed E-state index contributed by atoms with van der Waals surface area (Å²) in [5.41, 5.74) is 2.85. The van der Waals surface area contributed by atoms with Gasteiger partial charge in [0, 0.05) is 50.4 Å². The van der Waals surface area contributed by atoms with Gasteiger partial charge in [0.05, 0.1) is 19.7 Å². The van der Waals surface area contributed by atoms with Crippen LogP contribution in [0.25, 0.3) is 10.9 Å². The maximum Gasteiger partial charge on any atom is 0.252 e. The van der Waals surface area contributed by atoms with Crippen molar-refractivity contribution in [2.75, 3.05) is 33.9 Å². The minimum atomic E-state index is -0.0261. The summed E-state index contributed by atoms with van der Waals surface area (Å²) >= 11 is 0. The molecule has 0 unspecified atom stereocenters. The third kappa shape index (κ3) is 4.50. The number of H-pyrrole nitrogens is 1. The van der Waals surface area contributed by atoms with Gasteiger partial charge in [0.1, 0.15) is 11.5 Å². The van der Waals surface area contributed by atoms with E-state index in [2.05, 4.69) is 33.8 Å². The number of pyridine rings is 1. The lowest BCUT2D eigenvalue weighted by atomic mass is 10.1. The molecule has 1 saturated heterocycles. The smallest absolute Gasteiger partial charge is 0.252 e. The second-order valence-corrected chi connectivity index (χ2v) is 7.98. The van der Waals surface area contributed by atoms with E-state index in [1.54, 1.807) is 14.2 Å². The lowest BCUT2D eigenvalue weighted by Gasteiger charge is -2.39. The van der Waals surface area contributed by atoms with Crippen molar-refractivity contribution in [2.24, 2.45) is 0 Å². The summed E-state index contributed by atoms with van der Waals surface area (Å²) in [5.74, 6) is 1.64. The van der Waals surface area contributed by atoms with Gasteiger partial charge in [-0.3, -0.25) is 14.6 Å². The first-order valence-electron chi connectivity index (χ1n) is 10.3. The van der Waals surface area contributed by atoms with E-state index < -0.39 is 0 Å². The molecule has 158 valence electrons. The molecule has 1 aliphatic heterocycles. The Bertz CT molecular complexity index is 1080. The summed E-state index contributed by atoms with van der Waals surface area (Å²) in [6, 6.07) is 16.4. The molecule has 0 saturated carbocycles. The molecular weight excluding hydrogens is 378 g/mol. The molecule has 2 heterocycles. The predicted octanol–water partition coefficient (Wildman–Crippen LogP) is 3.25. The third-order valence-corrected chi connectivity index (χ3v) is 5.89. The average Bonchev–Trinajstić information content (AvgIpc) is 2.75. The Balaban J connectivity index is 1.42. The van der Waals surface area contributed by atoms with Gasteiger partial charge >= 0.3 is 0 Å². The zero-order valence-electron chi connectivity index (χ0n) is 17.9. The SMILES string of the molecule is COc1cccc(CN2CCN(Cc3cc4ccc(OC)cc4[nH]c3=O)[C@@H](C)C2)c1. The number of nitrogens with one attached hydrogen (secondary N) is 1. The number of nitrogens with zero attached hydrogens (tertiary/aromatic N) is 2. The molecule has 1 aromatic heterocycles. The Hall–Kier alpha value is -2.83. The monoisotopic (exact) mass is 407 g/mol. The molecule has 0 bridgehead atoms. The molecule has 0 aliphatic carbocycles. The fraction of sp³-hybridized carbons (Fsp3) is 0.375. The first-order chi connectivity index (χ1) is 14.6. The first-order valence-corrected chi connectivity index (χ1v) is 10.3. The van der Waals surface area contributed by atoms with E-state index in [-0.39, 0.29) is 5.56 Å². The maximum absolute atomic E-state index is 12.6. The van der Waals surface area contributed by atoms with Crippen molar-refractivity contribution in [3.8, 4) is 11.5 Å². The van der Waals surface area contributed by atoms with Gasteiger partial charge in [-0.25, -0.2) is 0 Å². The van der Waals surface area contributed by atoms with Crippen LogP contribution >= 0.6 is 0 Å². The second-order valence-electron chi connectivity index (χ2n) is 7.98. The van der Waals surface area contributed by atoms with E-state index >= 15 is 0 Å². The highest BCUT2D eigenvalue weighted by Gasteiger charge is 2.24. The number of fused-ring (bicyclic) bond motifs is 1. The Morgan fingerprint density at radius 3 is 2.57 bits per heavy atom. The van der Waals surface area contributed by atoms with Crippen molar-refractivity contribution in [1.29, 1.82) is 0 Å². The number of hydrogen-bond acceptors (Lipinski definition) is 5. The standard InChI is InChI=1S/C24H29N3O3/c1-17-14-26(15-18-5-4-6-21(11-18)29-2)9-10-27(17)16-20-12-19-7-8-22(30-3)13-23(19)25-24(20)28/h4-8,11-13,17H,9-10,14-16H2,1-3H3,(H,25,28)/t17-/m0/s1. The number of aromatic nitrogens is 1. The second kappa shape index (κ2) is 8.90. The molecule has 1 fully saturated rings. The van der Waals surface area contributed by atoms with Gasteiger partial charge in [-0.2, -0.15) is 0 Å². The molecule has 30 heavy (non-hydrogen) atoms. The van der Waals surface area contributed by atoms with Crippen molar-refractivity contribution in [3.63, 3.8) is 0 Å². The fourth-order valence-electron chi connectivity index (χ4n) is 4.17. The van der Waals surface area contributed by atoms with Crippen molar-refractivity contribution in [2.45, 2.75) is 26.1 Å². The molecule has 1 aliphatic rings. The molecule has 6 heteroatoms. The number of ether oxygens (including phenoxy) is 2. The number of rotatable bonds is 6. The Labute approximate surface area is 177 Å². The molecule has 3 aromatic rings. The Morgan fingerprint density at radius 1 is 1.00 bits per heavy atom. The molecule has 0 amide bonds. The number of methoxy groups -OCH3 is 2. The predicted molar refractivity (Wildman–Crippen MR) is 119 cm³/mol. The minimum Gasteiger partial charge on any atom is -0.497 e. The third-order valence-electron chi connectivity index (χ3n) is 5.89. The van der Waals surface area contributed by atoms with Crippen LogP contribution in [0, 0.1) is 0 Å². The zero-order chi connectivity index (χ0) is 21.1. The van der Waals surface area contributed by atoms with Crippen LogP contribution in [0.15, 0.2) is 53.3 Å². The van der Waals surface area contributed by atoms with E-state index in [0.717, 1.165) is 54.1 Å². The highest BCUT2D eigenvalue weighted by Crippen LogP contribution is 2.21. The van der Waals surface area contributed by atoms with Crippen molar-refractivity contribution in [3.05, 3.63) is 70.0 Å². The quantitative estimate of drug-likeness (QED) is 0.680. The van der Waals surface area contributed by atoms with Gasteiger partial charge in [0.2, 0.25) is 0 Å². The van der Waals surface area contributed by atoms with E-state index in [9.17, 15) is 4.79 Å². The molecule has 4 rings (SSSR count). The van der Waals surface area contributed by atoms with Crippen molar-refractivity contribution < 1.29 is 9.47 Å². The Kier molecular flexibility index (Phi) is 6.06. The van der Waals surface area contributed by atoms with Gasteiger partial charge in [-0.1, -0.05) is 12.1 Å². The number of aromatic amines is 1. The highest BCUT2D eigenvalue weighted by atomic mass is 16.5. The lowest BCUT2D eigenvalue weighted by Crippen LogP contribution is -2.51. The van der Waals surface area contributed by atoms with E-state index in [1.807, 2.05) is 36.4 Å². The highest BCUT2D eigenvalue weighted by molar-refractivity contribution is 5.80. The van der Waals surface area contributed by atoms with Crippen LogP contribution in [0.4, 0.5) is 0 Å². The van der Waals surface area contributed by atoms with Crippen LogP contribution in [0.5, 0.6) is 11.5 Å². The molecule has 0 spiro atoms. The van der Waals surface area contributed by atoms with Crippen LogP contribution in [-0.4, -0.2) is 54.7 Å². The molecule has 0 radical (unpaired) electrons. The molecule has 6 nitrogen and oxygen atoms in total. The summed E-state index contributed by atoms with van der Waals surface area (Å²) in [6.45, 7) is 6.69. The zero-order valence-corrected chi connectivity index (χ0v) is 17.9. The van der Waals surface area contributed by atoms with E-state index in [4.69, 9.17) is 9.47 Å². The fourth-order valence-corrected chi connectivity index (χ4v) is 4.17. The molecular formula is C24H29N3O3. The topological polar surface area (TPSA) is 57.8 Å². The van der Waals surface area contributed by atoms with Crippen LogP contribution in [-0.2, 0) is 13.1 Å². The van der Waals surface area contributed by atoms with Gasteiger partial charge in [0.15, 0.2) is 0 Å². The number of piperazine rings is 1. The van der Waals surface area contributed by atoms with Crippen molar-refractivity contribution in [1.82, 2.24) is 14.8 Å². The summed E-state index contributed by atoms with van der Waals surface area (Å²) in [6.07, 6.45) is 0. The number of benzene rings is 2. The molecule has 1 N–H and O–H groups in total. The summed E-state index contributed by atoms with van der Waals surface area (Å²) in [4.78, 5) is 20.5. The van der Waals surface area contributed by atoms with E-state index in [1.165, 1.54) is 5.56 Å². The van der Waals surface area contributed by atoms with Crippen LogP contribution in [0.1, 0.15) is 18.1 Å².